The molecule has 27 heavy (non-hydrogen) atoms. The molecule has 4 rings (SSSR count). The molecule has 0 bridgehead atoms. The molecule has 0 saturated carbocycles. The van der Waals surface area contributed by atoms with Crippen molar-refractivity contribution in [3.05, 3.63) is 62.6 Å². The van der Waals surface area contributed by atoms with Crippen molar-refractivity contribution in [2.45, 2.75) is 6.54 Å². The summed E-state index contributed by atoms with van der Waals surface area (Å²) in [5.41, 5.74) is 1.63. The minimum atomic E-state index is -0.269. The first-order chi connectivity index (χ1) is 13.1. The molecule has 0 spiro atoms. The lowest BCUT2D eigenvalue weighted by Crippen LogP contribution is -2.27. The molecule has 0 aliphatic carbocycles. The number of methoxy groups -OCH3 is 1. The van der Waals surface area contributed by atoms with Crippen molar-refractivity contribution in [3.8, 4) is 16.3 Å². The van der Waals surface area contributed by atoms with E-state index in [0.717, 1.165) is 33.0 Å². The average Bonchev–Trinajstić information content (AvgIpc) is 3.41. The summed E-state index contributed by atoms with van der Waals surface area (Å²) >= 11 is 3.98. The summed E-state index contributed by atoms with van der Waals surface area (Å²) in [4.78, 5) is 32.1. The second kappa shape index (κ2) is 7.67. The predicted molar refractivity (Wildman–Crippen MR) is 110 cm³/mol. The van der Waals surface area contributed by atoms with Gasteiger partial charge in [-0.05, 0) is 41.4 Å². The van der Waals surface area contributed by atoms with Gasteiger partial charge in [0.2, 0.25) is 0 Å². The molecule has 2 aromatic heterocycles. The van der Waals surface area contributed by atoms with Gasteiger partial charge in [-0.3, -0.25) is 14.5 Å². The normalized spacial score (nSPS) is 15.7. The molecule has 1 saturated heterocycles. The molecular weight excluding hydrogens is 400 g/mol. The Kier molecular flexibility index (Phi) is 5.11. The number of thiophene rings is 1. The minimum Gasteiger partial charge on any atom is -0.497 e. The van der Waals surface area contributed by atoms with Crippen LogP contribution in [0, 0.1) is 0 Å². The summed E-state index contributed by atoms with van der Waals surface area (Å²) in [6.07, 6.45) is 1.76. The summed E-state index contributed by atoms with van der Waals surface area (Å²) in [5.74, 6) is 0.489. The highest BCUT2D eigenvalue weighted by Crippen LogP contribution is 2.34. The van der Waals surface area contributed by atoms with E-state index in [0.29, 0.717) is 10.6 Å². The first kappa shape index (κ1) is 18.0. The third kappa shape index (κ3) is 3.83. The van der Waals surface area contributed by atoms with Crippen LogP contribution < -0.4 is 4.74 Å². The van der Waals surface area contributed by atoms with E-state index in [9.17, 15) is 9.59 Å². The third-order valence-electron chi connectivity index (χ3n) is 3.88. The largest absolute Gasteiger partial charge is 0.497 e. The second-order valence-electron chi connectivity index (χ2n) is 5.66. The summed E-state index contributed by atoms with van der Waals surface area (Å²) in [6.45, 7) is 0.174. The van der Waals surface area contributed by atoms with Crippen LogP contribution >= 0.6 is 34.4 Å². The fraction of sp³-hybridized carbons (Fsp3) is 0.105. The van der Waals surface area contributed by atoms with Crippen LogP contribution in [-0.4, -0.2) is 28.1 Å². The van der Waals surface area contributed by atoms with Gasteiger partial charge in [-0.2, -0.15) is 0 Å². The number of amides is 2. The van der Waals surface area contributed by atoms with Crippen molar-refractivity contribution < 1.29 is 14.3 Å². The zero-order valence-electron chi connectivity index (χ0n) is 14.2. The number of hydrogen-bond acceptors (Lipinski definition) is 7. The Morgan fingerprint density at radius 3 is 2.85 bits per heavy atom. The molecule has 5 nitrogen and oxygen atoms in total. The van der Waals surface area contributed by atoms with Crippen LogP contribution in [0.25, 0.3) is 16.6 Å². The van der Waals surface area contributed by atoms with Gasteiger partial charge in [0, 0.05) is 15.8 Å². The molecule has 0 radical (unpaired) electrons. The molecule has 0 atom stereocenters. The number of thiazole rings is 1. The number of benzene rings is 1. The van der Waals surface area contributed by atoms with Gasteiger partial charge in [-0.1, -0.05) is 18.2 Å². The van der Waals surface area contributed by atoms with E-state index in [4.69, 9.17) is 4.74 Å². The van der Waals surface area contributed by atoms with E-state index < -0.39 is 0 Å². The minimum absolute atomic E-state index is 0.174. The zero-order chi connectivity index (χ0) is 18.8. The lowest BCUT2D eigenvalue weighted by Gasteiger charge is -2.10. The van der Waals surface area contributed by atoms with Gasteiger partial charge in [0.1, 0.15) is 10.8 Å². The highest BCUT2D eigenvalue weighted by Gasteiger charge is 2.35. The highest BCUT2D eigenvalue weighted by molar-refractivity contribution is 8.18. The summed E-state index contributed by atoms with van der Waals surface area (Å²) < 4.78 is 5.24. The first-order valence-electron chi connectivity index (χ1n) is 8.02. The molecule has 3 aromatic rings. The van der Waals surface area contributed by atoms with Crippen molar-refractivity contribution >= 4 is 51.7 Å². The molecule has 1 aliphatic rings. The number of carbonyl (C=O) groups is 2. The van der Waals surface area contributed by atoms with E-state index in [1.165, 1.54) is 27.6 Å². The maximum atomic E-state index is 12.6. The van der Waals surface area contributed by atoms with Crippen LogP contribution in [0.4, 0.5) is 4.79 Å². The maximum absolute atomic E-state index is 12.6. The number of ether oxygens (including phenoxy) is 1. The van der Waals surface area contributed by atoms with Gasteiger partial charge in [0.25, 0.3) is 11.1 Å². The van der Waals surface area contributed by atoms with Gasteiger partial charge in [-0.15, -0.1) is 22.7 Å². The Morgan fingerprint density at radius 1 is 1.19 bits per heavy atom. The smallest absolute Gasteiger partial charge is 0.293 e. The number of imide groups is 1. The summed E-state index contributed by atoms with van der Waals surface area (Å²) in [6, 6.07) is 11.5. The van der Waals surface area contributed by atoms with Crippen molar-refractivity contribution in [1.29, 1.82) is 0 Å². The van der Waals surface area contributed by atoms with Crippen LogP contribution in [-0.2, 0) is 11.3 Å². The molecule has 3 heterocycles. The van der Waals surface area contributed by atoms with E-state index in [-0.39, 0.29) is 17.7 Å². The Bertz CT molecular complexity index is 1020. The number of hydrogen-bond donors (Lipinski definition) is 0. The van der Waals surface area contributed by atoms with Crippen LogP contribution in [0.1, 0.15) is 10.6 Å². The summed E-state index contributed by atoms with van der Waals surface area (Å²) in [5, 5.41) is 4.37. The zero-order valence-corrected chi connectivity index (χ0v) is 16.7. The quantitative estimate of drug-likeness (QED) is 0.543. The Labute approximate surface area is 168 Å². The molecule has 1 aromatic carbocycles. The van der Waals surface area contributed by atoms with Crippen molar-refractivity contribution in [2.24, 2.45) is 0 Å². The van der Waals surface area contributed by atoms with E-state index >= 15 is 0 Å². The van der Waals surface area contributed by atoms with E-state index in [1.807, 2.05) is 47.2 Å². The monoisotopic (exact) mass is 414 g/mol. The van der Waals surface area contributed by atoms with Gasteiger partial charge in [0.05, 0.1) is 24.3 Å². The third-order valence-corrected chi connectivity index (χ3v) is 6.55. The average molecular weight is 415 g/mol. The van der Waals surface area contributed by atoms with Crippen LogP contribution in [0.5, 0.6) is 5.75 Å². The van der Waals surface area contributed by atoms with Crippen molar-refractivity contribution in [1.82, 2.24) is 9.88 Å². The molecule has 1 fully saturated rings. The van der Waals surface area contributed by atoms with Crippen LogP contribution in [0.3, 0.4) is 0 Å². The number of aromatic nitrogens is 1. The van der Waals surface area contributed by atoms with E-state index in [2.05, 4.69) is 4.98 Å². The van der Waals surface area contributed by atoms with Gasteiger partial charge in [-0.25, -0.2) is 4.98 Å². The predicted octanol–water partition coefficient (Wildman–Crippen LogP) is 5.12. The molecule has 2 amide bonds. The lowest BCUT2D eigenvalue weighted by atomic mass is 10.2. The Morgan fingerprint density at radius 2 is 2.07 bits per heavy atom. The fourth-order valence-electron chi connectivity index (χ4n) is 2.57. The molecule has 0 N–H and O–H groups in total. The number of thioether (sulfide) groups is 1. The van der Waals surface area contributed by atoms with Crippen LogP contribution in [0.2, 0.25) is 0 Å². The fourth-order valence-corrected chi connectivity index (χ4v) is 4.94. The van der Waals surface area contributed by atoms with Gasteiger partial charge < -0.3 is 4.74 Å². The topological polar surface area (TPSA) is 59.5 Å². The maximum Gasteiger partial charge on any atom is 0.293 e. The van der Waals surface area contributed by atoms with Gasteiger partial charge >= 0.3 is 0 Å². The van der Waals surface area contributed by atoms with Gasteiger partial charge in [0.15, 0.2) is 0 Å². The van der Waals surface area contributed by atoms with Crippen molar-refractivity contribution in [2.75, 3.05) is 7.11 Å². The Hall–Kier alpha value is -2.42. The van der Waals surface area contributed by atoms with E-state index in [1.54, 1.807) is 13.2 Å². The number of rotatable bonds is 5. The SMILES string of the molecule is COc1cccc(-c2nc(CN3C(=O)S/C(=C\c4cccs4)C3=O)cs2)c1. The number of nitrogens with zero attached hydrogens (tertiary/aromatic N) is 2. The highest BCUT2D eigenvalue weighted by atomic mass is 32.2. The first-order valence-corrected chi connectivity index (χ1v) is 10.6. The molecule has 136 valence electrons. The molecule has 8 heteroatoms. The summed E-state index contributed by atoms with van der Waals surface area (Å²) in [7, 11) is 1.62. The molecular formula is C19H14N2O3S3. The Balaban J connectivity index is 1.52. The van der Waals surface area contributed by atoms with Crippen LogP contribution in [0.15, 0.2) is 52.1 Å². The second-order valence-corrected chi connectivity index (χ2v) is 8.49. The molecule has 0 unspecified atom stereocenters. The van der Waals surface area contributed by atoms with Crippen molar-refractivity contribution in [3.63, 3.8) is 0 Å². The molecule has 1 aliphatic heterocycles. The standard InChI is InChI=1S/C19H14N2O3S3/c1-24-14-5-2-4-12(8-14)17-20-13(11-26-17)10-21-18(22)16(27-19(21)23)9-15-6-3-7-25-15/h2-9,11H,10H2,1H3/b16-9-. The number of carbonyl (C=O) groups excluding carboxylic acids is 2. The lowest BCUT2D eigenvalue weighted by molar-refractivity contribution is -0.123.